The lowest BCUT2D eigenvalue weighted by Crippen LogP contribution is -2.17. The molecule has 1 nitrogen and oxygen atoms in total. The highest BCUT2D eigenvalue weighted by molar-refractivity contribution is 9.10. The van der Waals surface area contributed by atoms with Crippen molar-refractivity contribution in [3.63, 3.8) is 0 Å². The van der Waals surface area contributed by atoms with E-state index in [2.05, 4.69) is 28.2 Å². The van der Waals surface area contributed by atoms with Gasteiger partial charge in [-0.2, -0.15) is 0 Å². The molecule has 1 aliphatic rings. The Labute approximate surface area is 91.8 Å². The highest BCUT2D eigenvalue weighted by Crippen LogP contribution is 2.29. The molecule has 3 heteroatoms. The lowest BCUT2D eigenvalue weighted by atomic mass is 10.2. The van der Waals surface area contributed by atoms with E-state index in [1.165, 1.54) is 12.5 Å². The van der Waals surface area contributed by atoms with E-state index in [4.69, 9.17) is 0 Å². The number of benzene rings is 1. The molecule has 14 heavy (non-hydrogen) atoms. The van der Waals surface area contributed by atoms with Gasteiger partial charge < -0.3 is 5.32 Å². The fraction of sp³-hybridized carbons (Fsp3) is 0.455. The van der Waals surface area contributed by atoms with Crippen LogP contribution in [0.15, 0.2) is 22.7 Å². The van der Waals surface area contributed by atoms with Gasteiger partial charge in [-0.1, -0.05) is 22.9 Å². The first-order valence-corrected chi connectivity index (χ1v) is 5.63. The third kappa shape index (κ3) is 2.34. The number of halogens is 2. The lowest BCUT2D eigenvalue weighted by molar-refractivity contribution is 0.579. The highest BCUT2D eigenvalue weighted by Gasteiger charge is 2.31. The van der Waals surface area contributed by atoms with Gasteiger partial charge in [0, 0.05) is 22.6 Å². The van der Waals surface area contributed by atoms with Gasteiger partial charge in [-0.15, -0.1) is 0 Å². The van der Waals surface area contributed by atoms with Crippen molar-refractivity contribution in [2.24, 2.45) is 5.92 Å². The Morgan fingerprint density at radius 2 is 2.29 bits per heavy atom. The summed E-state index contributed by atoms with van der Waals surface area (Å²) in [6, 6.07) is 5.64. The zero-order valence-corrected chi connectivity index (χ0v) is 9.64. The van der Waals surface area contributed by atoms with E-state index in [1.54, 1.807) is 6.07 Å². The molecule has 1 aromatic rings. The molecule has 0 bridgehead atoms. The molecule has 1 aliphatic carbocycles. The van der Waals surface area contributed by atoms with Crippen LogP contribution in [0.2, 0.25) is 0 Å². The average Bonchev–Trinajstić information content (AvgIpc) is 2.84. The Bertz CT molecular complexity index is 340. The van der Waals surface area contributed by atoms with Crippen LogP contribution in [0.4, 0.5) is 4.39 Å². The van der Waals surface area contributed by atoms with Gasteiger partial charge in [0.15, 0.2) is 0 Å². The molecule has 0 amide bonds. The van der Waals surface area contributed by atoms with Crippen molar-refractivity contribution in [3.8, 4) is 0 Å². The van der Waals surface area contributed by atoms with Crippen LogP contribution in [0.3, 0.4) is 0 Å². The second-order valence-corrected chi connectivity index (χ2v) is 4.85. The highest BCUT2D eigenvalue weighted by atomic mass is 79.9. The lowest BCUT2D eigenvalue weighted by Gasteiger charge is -2.05. The maximum atomic E-state index is 13.3. The standard InChI is InChI=1S/C11H13BrFN/c1-7-4-11(7)14-6-8-5-9(12)2-3-10(8)13/h2-3,5,7,11,14H,4,6H2,1H3. The van der Waals surface area contributed by atoms with Crippen LogP contribution in [0.5, 0.6) is 0 Å². The molecule has 0 saturated heterocycles. The zero-order valence-electron chi connectivity index (χ0n) is 8.06. The third-order valence-electron chi connectivity index (χ3n) is 2.67. The van der Waals surface area contributed by atoms with Crippen LogP contribution in [0, 0.1) is 11.7 Å². The molecule has 2 atom stereocenters. The molecule has 1 saturated carbocycles. The van der Waals surface area contributed by atoms with Crippen molar-refractivity contribution in [1.82, 2.24) is 5.32 Å². The average molecular weight is 258 g/mol. The van der Waals surface area contributed by atoms with Gasteiger partial charge in [-0.25, -0.2) is 4.39 Å². The molecule has 0 aliphatic heterocycles. The van der Waals surface area contributed by atoms with E-state index in [0.717, 1.165) is 16.0 Å². The van der Waals surface area contributed by atoms with Crippen LogP contribution < -0.4 is 5.32 Å². The Morgan fingerprint density at radius 3 is 2.93 bits per heavy atom. The Kier molecular flexibility index (Phi) is 2.88. The predicted molar refractivity (Wildman–Crippen MR) is 58.5 cm³/mol. The second kappa shape index (κ2) is 3.99. The monoisotopic (exact) mass is 257 g/mol. The van der Waals surface area contributed by atoms with E-state index in [-0.39, 0.29) is 5.82 Å². The number of rotatable bonds is 3. The first kappa shape index (κ1) is 10.1. The largest absolute Gasteiger partial charge is 0.310 e. The summed E-state index contributed by atoms with van der Waals surface area (Å²) in [6.45, 7) is 2.83. The first-order valence-electron chi connectivity index (χ1n) is 4.84. The fourth-order valence-electron chi connectivity index (χ4n) is 1.53. The summed E-state index contributed by atoms with van der Waals surface area (Å²) in [7, 11) is 0. The molecule has 1 aromatic carbocycles. The second-order valence-electron chi connectivity index (χ2n) is 3.94. The fourth-order valence-corrected chi connectivity index (χ4v) is 1.93. The minimum absolute atomic E-state index is 0.131. The van der Waals surface area contributed by atoms with Gasteiger partial charge in [-0.05, 0) is 30.5 Å². The van der Waals surface area contributed by atoms with Gasteiger partial charge in [0.2, 0.25) is 0 Å². The van der Waals surface area contributed by atoms with E-state index >= 15 is 0 Å². The van der Waals surface area contributed by atoms with Crippen molar-refractivity contribution in [2.45, 2.75) is 25.9 Å². The van der Waals surface area contributed by atoms with Gasteiger partial charge in [0.1, 0.15) is 5.82 Å². The number of hydrogen-bond donors (Lipinski definition) is 1. The number of hydrogen-bond acceptors (Lipinski definition) is 1. The molecule has 0 spiro atoms. The van der Waals surface area contributed by atoms with Crippen molar-refractivity contribution in [3.05, 3.63) is 34.1 Å². The molecular formula is C11H13BrFN. The van der Waals surface area contributed by atoms with Crippen LogP contribution in [-0.4, -0.2) is 6.04 Å². The SMILES string of the molecule is CC1CC1NCc1cc(Br)ccc1F. The summed E-state index contributed by atoms with van der Waals surface area (Å²) in [4.78, 5) is 0. The van der Waals surface area contributed by atoms with Crippen LogP contribution in [0.1, 0.15) is 18.9 Å². The summed E-state index contributed by atoms with van der Waals surface area (Å²) in [5.41, 5.74) is 0.735. The topological polar surface area (TPSA) is 12.0 Å². The molecule has 1 N–H and O–H groups in total. The molecule has 1 fully saturated rings. The number of nitrogens with one attached hydrogen (secondary N) is 1. The Morgan fingerprint density at radius 1 is 1.57 bits per heavy atom. The molecule has 76 valence electrons. The summed E-state index contributed by atoms with van der Waals surface area (Å²) in [5, 5.41) is 3.33. The van der Waals surface area contributed by atoms with E-state index in [9.17, 15) is 4.39 Å². The van der Waals surface area contributed by atoms with Gasteiger partial charge >= 0.3 is 0 Å². The molecule has 0 aromatic heterocycles. The Hall–Kier alpha value is -0.410. The van der Waals surface area contributed by atoms with Crippen LogP contribution in [-0.2, 0) is 6.54 Å². The smallest absolute Gasteiger partial charge is 0.127 e. The van der Waals surface area contributed by atoms with Crippen molar-refractivity contribution in [1.29, 1.82) is 0 Å². The minimum Gasteiger partial charge on any atom is -0.310 e. The molecule has 0 radical (unpaired) electrons. The summed E-state index contributed by atoms with van der Waals surface area (Å²) in [5.74, 6) is 0.624. The maximum absolute atomic E-state index is 13.3. The van der Waals surface area contributed by atoms with E-state index in [1.807, 2.05) is 6.07 Å². The van der Waals surface area contributed by atoms with Crippen molar-refractivity contribution in [2.75, 3.05) is 0 Å². The summed E-state index contributed by atoms with van der Waals surface area (Å²) < 4.78 is 14.2. The Balaban J connectivity index is 1.97. The van der Waals surface area contributed by atoms with E-state index in [0.29, 0.717) is 12.6 Å². The van der Waals surface area contributed by atoms with Gasteiger partial charge in [-0.3, -0.25) is 0 Å². The quantitative estimate of drug-likeness (QED) is 0.878. The van der Waals surface area contributed by atoms with Crippen molar-refractivity contribution < 1.29 is 4.39 Å². The normalized spacial score (nSPS) is 25.1. The zero-order chi connectivity index (χ0) is 10.1. The molecule has 0 heterocycles. The van der Waals surface area contributed by atoms with Crippen LogP contribution >= 0.6 is 15.9 Å². The van der Waals surface area contributed by atoms with Gasteiger partial charge in [0.05, 0.1) is 0 Å². The third-order valence-corrected chi connectivity index (χ3v) is 3.17. The molecule has 2 unspecified atom stereocenters. The van der Waals surface area contributed by atoms with E-state index < -0.39 is 0 Å². The summed E-state index contributed by atoms with van der Waals surface area (Å²) in [6.07, 6.45) is 1.22. The van der Waals surface area contributed by atoms with Crippen molar-refractivity contribution >= 4 is 15.9 Å². The van der Waals surface area contributed by atoms with Gasteiger partial charge in [0.25, 0.3) is 0 Å². The minimum atomic E-state index is -0.131. The molecule has 2 rings (SSSR count). The first-order chi connectivity index (χ1) is 6.66. The van der Waals surface area contributed by atoms with Crippen LogP contribution in [0.25, 0.3) is 0 Å². The maximum Gasteiger partial charge on any atom is 0.127 e. The predicted octanol–water partition coefficient (Wildman–Crippen LogP) is 3.09. The molecular weight excluding hydrogens is 245 g/mol. The summed E-state index contributed by atoms with van der Waals surface area (Å²) >= 11 is 3.34.